The van der Waals surface area contributed by atoms with E-state index in [-0.39, 0.29) is 5.97 Å². The van der Waals surface area contributed by atoms with Crippen LogP contribution < -0.4 is 0 Å². The molecule has 1 aliphatic rings. The molecule has 0 heterocycles. The monoisotopic (exact) mass is 196 g/mol. The summed E-state index contributed by atoms with van der Waals surface area (Å²) in [5.74, 6) is 2.18. The Hall–Kier alpha value is -1.01. The van der Waals surface area contributed by atoms with Gasteiger partial charge in [-0.3, -0.25) is 4.79 Å². The smallest absolute Gasteiger partial charge is 0.314 e. The third-order valence-corrected chi connectivity index (χ3v) is 3.05. The van der Waals surface area contributed by atoms with Crippen molar-refractivity contribution >= 4 is 5.97 Å². The molecule has 0 spiro atoms. The van der Waals surface area contributed by atoms with Crippen LogP contribution in [0.2, 0.25) is 0 Å². The molecular weight excluding hydrogens is 180 g/mol. The molecular formula is C11H16O3. The van der Waals surface area contributed by atoms with Gasteiger partial charge in [0, 0.05) is 6.42 Å². The highest BCUT2D eigenvalue weighted by Crippen LogP contribution is 2.43. The highest BCUT2D eigenvalue weighted by atomic mass is 16.5. The zero-order chi connectivity index (χ0) is 10.6. The fraction of sp³-hybridized carbons (Fsp3) is 0.727. The van der Waals surface area contributed by atoms with E-state index in [1.165, 1.54) is 7.11 Å². The lowest BCUT2D eigenvalue weighted by molar-refractivity contribution is -0.158. The molecule has 3 heteroatoms. The van der Waals surface area contributed by atoms with Crippen molar-refractivity contribution in [1.29, 1.82) is 0 Å². The zero-order valence-corrected chi connectivity index (χ0v) is 8.45. The van der Waals surface area contributed by atoms with Crippen molar-refractivity contribution < 1.29 is 14.6 Å². The van der Waals surface area contributed by atoms with Crippen molar-refractivity contribution in [3.8, 4) is 12.3 Å². The van der Waals surface area contributed by atoms with Crippen LogP contribution in [0.3, 0.4) is 0 Å². The van der Waals surface area contributed by atoms with Crippen molar-refractivity contribution in [3.05, 3.63) is 0 Å². The molecule has 1 fully saturated rings. The Kier molecular flexibility index (Phi) is 3.54. The highest BCUT2D eigenvalue weighted by molar-refractivity contribution is 5.78. The lowest BCUT2D eigenvalue weighted by atomic mass is 9.80. The number of aliphatic hydroxyl groups is 1. The number of methoxy groups -OCH3 is 1. The summed E-state index contributed by atoms with van der Waals surface area (Å²) in [6.45, 7) is 0. The number of terminal acetylenes is 1. The van der Waals surface area contributed by atoms with Gasteiger partial charge in [-0.15, -0.1) is 12.3 Å². The first-order chi connectivity index (χ1) is 6.67. The number of rotatable bonds is 3. The molecule has 3 nitrogen and oxygen atoms in total. The van der Waals surface area contributed by atoms with Gasteiger partial charge in [0.1, 0.15) is 0 Å². The number of esters is 1. The van der Waals surface area contributed by atoms with Crippen molar-refractivity contribution in [2.75, 3.05) is 7.11 Å². The minimum Gasteiger partial charge on any atom is -0.469 e. The summed E-state index contributed by atoms with van der Waals surface area (Å²) in [7, 11) is 1.35. The first-order valence-corrected chi connectivity index (χ1v) is 4.87. The van der Waals surface area contributed by atoms with E-state index < -0.39 is 11.5 Å². The summed E-state index contributed by atoms with van der Waals surface area (Å²) in [5.41, 5.74) is -0.735. The maximum Gasteiger partial charge on any atom is 0.314 e. The van der Waals surface area contributed by atoms with Crippen LogP contribution in [0.4, 0.5) is 0 Å². The normalized spacial score (nSPS) is 31.1. The largest absolute Gasteiger partial charge is 0.469 e. The van der Waals surface area contributed by atoms with E-state index in [2.05, 4.69) is 5.92 Å². The van der Waals surface area contributed by atoms with Crippen LogP contribution in [0.15, 0.2) is 0 Å². The van der Waals surface area contributed by atoms with Crippen LogP contribution in [-0.2, 0) is 9.53 Å². The van der Waals surface area contributed by atoms with Crippen molar-refractivity contribution in [1.82, 2.24) is 0 Å². The Morgan fingerprint density at radius 3 is 2.93 bits per heavy atom. The SMILES string of the molecule is C#CCC[C@@]1(C(=O)OC)CCC[C@@H]1O. The lowest BCUT2D eigenvalue weighted by Gasteiger charge is -2.28. The maximum atomic E-state index is 11.6. The molecule has 78 valence electrons. The number of aliphatic hydroxyl groups excluding tert-OH is 1. The van der Waals surface area contributed by atoms with Gasteiger partial charge in [-0.25, -0.2) is 0 Å². The summed E-state index contributed by atoms with van der Waals surface area (Å²) >= 11 is 0. The molecule has 1 rings (SSSR count). The molecule has 1 N–H and O–H groups in total. The summed E-state index contributed by atoms with van der Waals surface area (Å²) < 4.78 is 4.74. The molecule has 0 radical (unpaired) electrons. The first kappa shape index (κ1) is 11.1. The van der Waals surface area contributed by atoms with Gasteiger partial charge in [0.2, 0.25) is 0 Å². The Morgan fingerprint density at radius 1 is 1.79 bits per heavy atom. The van der Waals surface area contributed by atoms with Crippen LogP contribution in [0.5, 0.6) is 0 Å². The number of carbonyl (C=O) groups is 1. The van der Waals surface area contributed by atoms with Crippen LogP contribution >= 0.6 is 0 Å². The molecule has 0 aromatic rings. The summed E-state index contributed by atoms with van der Waals surface area (Å²) in [5, 5.41) is 9.80. The topological polar surface area (TPSA) is 46.5 Å². The number of ether oxygens (including phenoxy) is 1. The van der Waals surface area contributed by atoms with Gasteiger partial charge in [-0.2, -0.15) is 0 Å². The standard InChI is InChI=1S/C11H16O3/c1-3-4-7-11(10(13)14-2)8-5-6-9(11)12/h1,9,12H,4-8H2,2H3/t9-,11+/m0/s1. The first-order valence-electron chi connectivity index (χ1n) is 4.87. The molecule has 1 aliphatic carbocycles. The average molecular weight is 196 g/mol. The van der Waals surface area contributed by atoms with Gasteiger partial charge in [0.25, 0.3) is 0 Å². The molecule has 0 bridgehead atoms. The molecule has 0 unspecified atom stereocenters. The van der Waals surface area contributed by atoms with E-state index in [9.17, 15) is 9.90 Å². The summed E-state index contributed by atoms with van der Waals surface area (Å²) in [6, 6.07) is 0. The minimum atomic E-state index is -0.735. The Morgan fingerprint density at radius 2 is 2.50 bits per heavy atom. The number of hydrogen-bond donors (Lipinski definition) is 1. The minimum absolute atomic E-state index is 0.322. The third kappa shape index (κ3) is 1.76. The zero-order valence-electron chi connectivity index (χ0n) is 8.45. The van der Waals surface area contributed by atoms with E-state index in [0.717, 1.165) is 6.42 Å². The fourth-order valence-electron chi connectivity index (χ4n) is 2.18. The summed E-state index contributed by atoms with van der Waals surface area (Å²) in [4.78, 5) is 11.6. The maximum absolute atomic E-state index is 11.6. The molecule has 0 saturated heterocycles. The van der Waals surface area contributed by atoms with Gasteiger partial charge < -0.3 is 9.84 Å². The molecule has 0 aliphatic heterocycles. The van der Waals surface area contributed by atoms with Gasteiger partial charge in [0.15, 0.2) is 0 Å². The Bertz CT molecular complexity index is 254. The molecule has 1 saturated carbocycles. The molecule has 0 aromatic heterocycles. The van der Waals surface area contributed by atoms with E-state index in [4.69, 9.17) is 11.2 Å². The van der Waals surface area contributed by atoms with Gasteiger partial charge in [-0.05, 0) is 25.7 Å². The van der Waals surface area contributed by atoms with Crippen LogP contribution in [0.1, 0.15) is 32.1 Å². The average Bonchev–Trinajstić information content (AvgIpc) is 2.57. The fourth-order valence-corrected chi connectivity index (χ4v) is 2.18. The second-order valence-electron chi connectivity index (χ2n) is 3.76. The molecule has 14 heavy (non-hydrogen) atoms. The molecule has 2 atom stereocenters. The van der Waals surface area contributed by atoms with Crippen molar-refractivity contribution in [2.45, 2.75) is 38.2 Å². The quantitative estimate of drug-likeness (QED) is 0.543. The van der Waals surface area contributed by atoms with Crippen molar-refractivity contribution in [3.63, 3.8) is 0 Å². The van der Waals surface area contributed by atoms with Gasteiger partial charge in [0.05, 0.1) is 18.6 Å². The van der Waals surface area contributed by atoms with Gasteiger partial charge in [-0.1, -0.05) is 0 Å². The van der Waals surface area contributed by atoms with Crippen molar-refractivity contribution in [2.24, 2.45) is 5.41 Å². The van der Waals surface area contributed by atoms with Crippen LogP contribution in [0.25, 0.3) is 0 Å². The van der Waals surface area contributed by atoms with E-state index in [1.54, 1.807) is 0 Å². The van der Waals surface area contributed by atoms with E-state index in [0.29, 0.717) is 25.7 Å². The lowest BCUT2D eigenvalue weighted by Crippen LogP contribution is -2.39. The number of hydrogen-bond acceptors (Lipinski definition) is 3. The number of carbonyl (C=O) groups excluding carboxylic acids is 1. The second-order valence-corrected chi connectivity index (χ2v) is 3.76. The third-order valence-electron chi connectivity index (χ3n) is 3.05. The van der Waals surface area contributed by atoms with Gasteiger partial charge >= 0.3 is 5.97 Å². The summed E-state index contributed by atoms with van der Waals surface area (Å²) in [6.07, 6.45) is 7.82. The predicted molar refractivity (Wildman–Crippen MR) is 52.4 cm³/mol. The van der Waals surface area contributed by atoms with E-state index in [1.807, 2.05) is 0 Å². The molecule has 0 amide bonds. The Balaban J connectivity index is 2.79. The Labute approximate surface area is 84.5 Å². The second kappa shape index (κ2) is 4.47. The van der Waals surface area contributed by atoms with Crippen LogP contribution in [-0.4, -0.2) is 24.3 Å². The van der Waals surface area contributed by atoms with Crippen LogP contribution in [0, 0.1) is 17.8 Å². The molecule has 0 aromatic carbocycles. The predicted octanol–water partition coefficient (Wildman–Crippen LogP) is 1.10. The van der Waals surface area contributed by atoms with E-state index >= 15 is 0 Å². The highest BCUT2D eigenvalue weighted by Gasteiger charge is 2.48.